The van der Waals surface area contributed by atoms with E-state index in [1.807, 2.05) is 13.0 Å². The molecule has 0 bridgehead atoms. The monoisotopic (exact) mass is 368 g/mol. The van der Waals surface area contributed by atoms with Crippen molar-refractivity contribution in [1.82, 2.24) is 0 Å². The molecule has 2 rings (SSSR count). The molecule has 1 amide bonds. The SMILES string of the molecule is CCOc1ccc(OCC(=O)O[C@@H](C)C(=O)Nc2ccc(C#N)cc2)cc1. The highest BCUT2D eigenvalue weighted by molar-refractivity contribution is 5.95. The molecule has 7 heteroatoms. The van der Waals surface area contributed by atoms with Crippen molar-refractivity contribution in [3.63, 3.8) is 0 Å². The summed E-state index contributed by atoms with van der Waals surface area (Å²) < 4.78 is 15.7. The van der Waals surface area contributed by atoms with Gasteiger partial charge < -0.3 is 19.5 Å². The first-order valence-corrected chi connectivity index (χ1v) is 8.38. The highest BCUT2D eigenvalue weighted by atomic mass is 16.6. The van der Waals surface area contributed by atoms with E-state index in [9.17, 15) is 9.59 Å². The zero-order valence-corrected chi connectivity index (χ0v) is 15.1. The number of nitriles is 1. The van der Waals surface area contributed by atoms with Gasteiger partial charge in [0.2, 0.25) is 0 Å². The van der Waals surface area contributed by atoms with Crippen molar-refractivity contribution in [3.8, 4) is 17.6 Å². The number of carbonyl (C=O) groups excluding carboxylic acids is 2. The lowest BCUT2D eigenvalue weighted by molar-refractivity contribution is -0.155. The third-order valence-electron chi connectivity index (χ3n) is 3.45. The number of nitrogens with zero attached hydrogens (tertiary/aromatic N) is 1. The van der Waals surface area contributed by atoms with Gasteiger partial charge in [-0.05, 0) is 62.4 Å². The fraction of sp³-hybridized carbons (Fsp3) is 0.250. The average molecular weight is 368 g/mol. The molecule has 0 aliphatic heterocycles. The smallest absolute Gasteiger partial charge is 0.344 e. The molecule has 2 aromatic carbocycles. The van der Waals surface area contributed by atoms with Crippen molar-refractivity contribution in [2.45, 2.75) is 20.0 Å². The van der Waals surface area contributed by atoms with Crippen LogP contribution in [0.3, 0.4) is 0 Å². The van der Waals surface area contributed by atoms with Crippen LogP contribution in [0.2, 0.25) is 0 Å². The highest BCUT2D eigenvalue weighted by Crippen LogP contribution is 2.17. The normalized spacial score (nSPS) is 11.0. The molecule has 7 nitrogen and oxygen atoms in total. The molecule has 0 spiro atoms. The third kappa shape index (κ3) is 6.36. The Kier molecular flexibility index (Phi) is 7.20. The predicted molar refractivity (Wildman–Crippen MR) is 98.4 cm³/mol. The lowest BCUT2D eigenvalue weighted by atomic mass is 10.2. The van der Waals surface area contributed by atoms with Crippen LogP contribution in [0.5, 0.6) is 11.5 Å². The second-order valence-electron chi connectivity index (χ2n) is 5.50. The van der Waals surface area contributed by atoms with Crippen LogP contribution in [-0.2, 0) is 14.3 Å². The fourth-order valence-corrected chi connectivity index (χ4v) is 2.10. The number of ether oxygens (including phenoxy) is 3. The van der Waals surface area contributed by atoms with Crippen molar-refractivity contribution in [3.05, 3.63) is 54.1 Å². The summed E-state index contributed by atoms with van der Waals surface area (Å²) in [4.78, 5) is 23.9. The van der Waals surface area contributed by atoms with E-state index in [0.29, 0.717) is 29.4 Å². The molecule has 0 aromatic heterocycles. The third-order valence-corrected chi connectivity index (χ3v) is 3.45. The van der Waals surface area contributed by atoms with E-state index in [1.165, 1.54) is 6.92 Å². The topological polar surface area (TPSA) is 97.7 Å². The highest BCUT2D eigenvalue weighted by Gasteiger charge is 2.18. The van der Waals surface area contributed by atoms with E-state index >= 15 is 0 Å². The van der Waals surface area contributed by atoms with Crippen LogP contribution >= 0.6 is 0 Å². The molecule has 0 fully saturated rings. The van der Waals surface area contributed by atoms with Gasteiger partial charge in [0, 0.05) is 5.69 Å². The number of nitrogens with one attached hydrogen (secondary N) is 1. The minimum absolute atomic E-state index is 0.317. The van der Waals surface area contributed by atoms with Crippen LogP contribution in [0.1, 0.15) is 19.4 Å². The van der Waals surface area contributed by atoms with E-state index in [0.717, 1.165) is 0 Å². The summed E-state index contributed by atoms with van der Waals surface area (Å²) in [6.07, 6.45) is -0.989. The largest absolute Gasteiger partial charge is 0.494 e. The Balaban J connectivity index is 1.78. The molecular formula is C20H20N2O5. The fourth-order valence-electron chi connectivity index (χ4n) is 2.10. The Labute approximate surface area is 157 Å². The Hall–Kier alpha value is -3.53. The van der Waals surface area contributed by atoms with E-state index in [-0.39, 0.29) is 6.61 Å². The second-order valence-corrected chi connectivity index (χ2v) is 5.50. The molecule has 0 radical (unpaired) electrons. The van der Waals surface area contributed by atoms with Crippen molar-refractivity contribution >= 4 is 17.6 Å². The van der Waals surface area contributed by atoms with Crippen LogP contribution in [0, 0.1) is 11.3 Å². The number of hydrogen-bond donors (Lipinski definition) is 1. The first-order chi connectivity index (χ1) is 13.0. The number of rotatable bonds is 8. The Morgan fingerprint density at radius 3 is 2.19 bits per heavy atom. The molecule has 0 aliphatic rings. The molecule has 140 valence electrons. The van der Waals surface area contributed by atoms with E-state index in [2.05, 4.69) is 5.32 Å². The summed E-state index contributed by atoms with van der Waals surface area (Å²) in [5.74, 6) is 0.0612. The van der Waals surface area contributed by atoms with Gasteiger partial charge in [0.15, 0.2) is 12.7 Å². The summed E-state index contributed by atoms with van der Waals surface area (Å²) >= 11 is 0. The number of esters is 1. The Morgan fingerprint density at radius 1 is 1.04 bits per heavy atom. The minimum Gasteiger partial charge on any atom is -0.494 e. The predicted octanol–water partition coefficient (Wildman–Crippen LogP) is 2.91. The number of amides is 1. The minimum atomic E-state index is -0.989. The van der Waals surface area contributed by atoms with Gasteiger partial charge in [0.25, 0.3) is 5.91 Å². The van der Waals surface area contributed by atoms with Gasteiger partial charge in [-0.15, -0.1) is 0 Å². The van der Waals surface area contributed by atoms with Crippen LogP contribution in [-0.4, -0.2) is 31.2 Å². The maximum atomic E-state index is 12.1. The lowest BCUT2D eigenvalue weighted by Gasteiger charge is -2.14. The van der Waals surface area contributed by atoms with Gasteiger partial charge in [0.05, 0.1) is 18.2 Å². The summed E-state index contributed by atoms with van der Waals surface area (Å²) in [5.41, 5.74) is 0.992. The van der Waals surface area contributed by atoms with Crippen LogP contribution in [0.15, 0.2) is 48.5 Å². The lowest BCUT2D eigenvalue weighted by Crippen LogP contribution is -2.31. The first kappa shape index (κ1) is 19.8. The average Bonchev–Trinajstić information content (AvgIpc) is 2.68. The molecule has 0 heterocycles. The van der Waals surface area contributed by atoms with Gasteiger partial charge in [-0.2, -0.15) is 5.26 Å². The molecule has 1 N–H and O–H groups in total. The number of benzene rings is 2. The molecule has 2 aromatic rings. The van der Waals surface area contributed by atoms with Gasteiger partial charge in [-0.3, -0.25) is 4.79 Å². The van der Waals surface area contributed by atoms with Gasteiger partial charge in [-0.25, -0.2) is 4.79 Å². The maximum absolute atomic E-state index is 12.1. The van der Waals surface area contributed by atoms with E-state index in [1.54, 1.807) is 48.5 Å². The van der Waals surface area contributed by atoms with Gasteiger partial charge >= 0.3 is 5.97 Å². The van der Waals surface area contributed by atoms with Crippen molar-refractivity contribution in [1.29, 1.82) is 5.26 Å². The molecule has 0 unspecified atom stereocenters. The van der Waals surface area contributed by atoms with Crippen LogP contribution in [0.25, 0.3) is 0 Å². The zero-order valence-electron chi connectivity index (χ0n) is 15.1. The maximum Gasteiger partial charge on any atom is 0.344 e. The molecular weight excluding hydrogens is 348 g/mol. The zero-order chi connectivity index (χ0) is 19.6. The molecule has 0 aliphatic carbocycles. The van der Waals surface area contributed by atoms with E-state index in [4.69, 9.17) is 19.5 Å². The quantitative estimate of drug-likeness (QED) is 0.720. The van der Waals surface area contributed by atoms with Gasteiger partial charge in [0.1, 0.15) is 11.5 Å². The number of anilines is 1. The summed E-state index contributed by atoms with van der Waals surface area (Å²) in [6.45, 7) is 3.60. The number of carbonyl (C=O) groups is 2. The molecule has 1 atom stereocenters. The summed E-state index contributed by atoms with van der Waals surface area (Å²) in [7, 11) is 0. The second kappa shape index (κ2) is 9.82. The summed E-state index contributed by atoms with van der Waals surface area (Å²) in [5, 5.41) is 11.4. The molecule has 0 saturated carbocycles. The Bertz CT molecular complexity index is 810. The molecule has 0 saturated heterocycles. The van der Waals surface area contributed by atoms with Crippen molar-refractivity contribution in [2.75, 3.05) is 18.5 Å². The summed E-state index contributed by atoms with van der Waals surface area (Å²) in [6, 6.07) is 15.2. The first-order valence-electron chi connectivity index (χ1n) is 8.38. The molecule has 27 heavy (non-hydrogen) atoms. The standard InChI is InChI=1S/C20H20N2O5/c1-3-25-17-8-10-18(11-9-17)26-13-19(23)27-14(2)20(24)22-16-6-4-15(12-21)5-7-16/h4-11,14H,3,13H2,1-2H3,(H,22,24)/t14-/m0/s1. The van der Waals surface area contributed by atoms with Crippen molar-refractivity contribution < 1.29 is 23.8 Å². The van der Waals surface area contributed by atoms with Crippen LogP contribution < -0.4 is 14.8 Å². The Morgan fingerprint density at radius 2 is 1.63 bits per heavy atom. The van der Waals surface area contributed by atoms with Crippen molar-refractivity contribution in [2.24, 2.45) is 0 Å². The van der Waals surface area contributed by atoms with Gasteiger partial charge in [-0.1, -0.05) is 0 Å². The number of hydrogen-bond acceptors (Lipinski definition) is 6. The van der Waals surface area contributed by atoms with Crippen LogP contribution in [0.4, 0.5) is 5.69 Å². The van der Waals surface area contributed by atoms with E-state index < -0.39 is 18.0 Å².